The first-order valence-corrected chi connectivity index (χ1v) is 11.7. The predicted octanol–water partition coefficient (Wildman–Crippen LogP) is 4.18. The number of aryl methyl sites for hydroxylation is 2. The number of hydrogen-bond donors (Lipinski definition) is 2. The van der Waals surface area contributed by atoms with Crippen LogP contribution in [0.4, 0.5) is 4.39 Å². The molecular formula is C25H38FN5O. The number of nitrogens with one attached hydrogen (secondary N) is 2. The summed E-state index contributed by atoms with van der Waals surface area (Å²) in [6.45, 7) is 15.4. The lowest BCUT2D eigenvalue weighted by atomic mass is 9.85. The van der Waals surface area contributed by atoms with Crippen LogP contribution in [0.3, 0.4) is 0 Å². The molecule has 2 aromatic rings. The predicted molar refractivity (Wildman–Crippen MR) is 127 cm³/mol. The van der Waals surface area contributed by atoms with E-state index in [4.69, 9.17) is 9.41 Å². The molecule has 1 aromatic carbocycles. The van der Waals surface area contributed by atoms with Gasteiger partial charge in [-0.3, -0.25) is 9.89 Å². The summed E-state index contributed by atoms with van der Waals surface area (Å²) in [5, 5.41) is 6.86. The number of guanidine groups is 1. The maximum Gasteiger partial charge on any atom is 0.208 e. The van der Waals surface area contributed by atoms with Crippen LogP contribution in [-0.2, 0) is 12.0 Å². The van der Waals surface area contributed by atoms with Crippen LogP contribution in [0.5, 0.6) is 0 Å². The number of hydrogen-bond acceptors (Lipinski definition) is 4. The highest BCUT2D eigenvalue weighted by molar-refractivity contribution is 5.79. The van der Waals surface area contributed by atoms with Gasteiger partial charge in [-0.15, -0.1) is 0 Å². The second-order valence-electron chi connectivity index (χ2n) is 9.44. The quantitative estimate of drug-likeness (QED) is 0.473. The van der Waals surface area contributed by atoms with Crippen LogP contribution in [0.25, 0.3) is 0 Å². The summed E-state index contributed by atoms with van der Waals surface area (Å²) in [5.74, 6) is 2.96. The van der Waals surface area contributed by atoms with Crippen molar-refractivity contribution < 1.29 is 8.81 Å². The molecule has 3 rings (SSSR count). The molecule has 32 heavy (non-hydrogen) atoms. The van der Waals surface area contributed by atoms with Crippen LogP contribution < -0.4 is 10.6 Å². The number of piperidine rings is 1. The lowest BCUT2D eigenvalue weighted by Crippen LogP contribution is -2.43. The SMILES string of the molecule is CCNC(=NCC(C)(C)c1cccc(F)c1)NCC1CCN(Cc2nc(C)c(C)o2)CC1. The van der Waals surface area contributed by atoms with Crippen molar-refractivity contribution in [1.29, 1.82) is 0 Å². The average Bonchev–Trinajstić information content (AvgIpc) is 3.08. The number of oxazole rings is 1. The van der Waals surface area contributed by atoms with Crippen molar-refractivity contribution in [2.24, 2.45) is 10.9 Å². The van der Waals surface area contributed by atoms with E-state index in [0.29, 0.717) is 12.5 Å². The molecule has 1 fully saturated rings. The van der Waals surface area contributed by atoms with E-state index in [-0.39, 0.29) is 11.2 Å². The van der Waals surface area contributed by atoms with Crippen LogP contribution in [0.15, 0.2) is 33.7 Å². The van der Waals surface area contributed by atoms with Gasteiger partial charge >= 0.3 is 0 Å². The van der Waals surface area contributed by atoms with Gasteiger partial charge in [-0.05, 0) is 70.3 Å². The topological polar surface area (TPSA) is 65.7 Å². The van der Waals surface area contributed by atoms with Crippen LogP contribution in [0.2, 0.25) is 0 Å². The maximum atomic E-state index is 13.6. The van der Waals surface area contributed by atoms with Crippen molar-refractivity contribution in [1.82, 2.24) is 20.5 Å². The van der Waals surface area contributed by atoms with E-state index in [1.165, 1.54) is 6.07 Å². The van der Waals surface area contributed by atoms with Gasteiger partial charge in [0.05, 0.1) is 18.8 Å². The number of benzene rings is 1. The molecule has 1 aliphatic rings. The Bertz CT molecular complexity index is 880. The molecular weight excluding hydrogens is 405 g/mol. The second-order valence-corrected chi connectivity index (χ2v) is 9.44. The lowest BCUT2D eigenvalue weighted by Gasteiger charge is -2.31. The molecule has 1 aliphatic heterocycles. The van der Waals surface area contributed by atoms with E-state index in [0.717, 1.165) is 74.4 Å². The minimum Gasteiger partial charge on any atom is -0.444 e. The molecule has 7 heteroatoms. The van der Waals surface area contributed by atoms with E-state index < -0.39 is 0 Å². The summed E-state index contributed by atoms with van der Waals surface area (Å²) in [6.07, 6.45) is 2.28. The average molecular weight is 444 g/mol. The standard InChI is InChI=1S/C25H38FN5O/c1-6-27-24(29-17-25(4,5)21-8-7-9-22(26)14-21)28-15-20-10-12-31(13-11-20)16-23-30-18(2)19(3)32-23/h7-9,14,20H,6,10-13,15-17H2,1-5H3,(H2,27,28,29). The number of rotatable bonds is 8. The van der Waals surface area contributed by atoms with Crippen molar-refractivity contribution in [3.05, 3.63) is 53.0 Å². The van der Waals surface area contributed by atoms with Gasteiger partial charge in [-0.2, -0.15) is 0 Å². The van der Waals surface area contributed by atoms with Crippen molar-refractivity contribution in [3.63, 3.8) is 0 Å². The first kappa shape index (κ1) is 24.2. The van der Waals surface area contributed by atoms with Crippen molar-refractivity contribution in [2.75, 3.05) is 32.7 Å². The molecule has 2 heterocycles. The normalized spacial score (nSPS) is 16.4. The summed E-state index contributed by atoms with van der Waals surface area (Å²) in [5.41, 5.74) is 1.70. The highest BCUT2D eigenvalue weighted by Crippen LogP contribution is 2.24. The minimum atomic E-state index is -0.244. The smallest absolute Gasteiger partial charge is 0.208 e. The molecule has 0 radical (unpaired) electrons. The van der Waals surface area contributed by atoms with E-state index in [1.54, 1.807) is 12.1 Å². The Kier molecular flexibility index (Phi) is 8.29. The van der Waals surface area contributed by atoms with Gasteiger partial charge < -0.3 is 15.1 Å². The zero-order valence-electron chi connectivity index (χ0n) is 20.2. The summed E-state index contributed by atoms with van der Waals surface area (Å²) < 4.78 is 19.4. The van der Waals surface area contributed by atoms with Gasteiger partial charge in [0.2, 0.25) is 5.89 Å². The van der Waals surface area contributed by atoms with Crippen LogP contribution >= 0.6 is 0 Å². The summed E-state index contributed by atoms with van der Waals surface area (Å²) in [4.78, 5) is 11.7. The Hall–Kier alpha value is -2.41. The molecule has 0 amide bonds. The van der Waals surface area contributed by atoms with E-state index >= 15 is 0 Å². The molecule has 0 aliphatic carbocycles. The van der Waals surface area contributed by atoms with Gasteiger partial charge in [-0.1, -0.05) is 26.0 Å². The first-order valence-electron chi connectivity index (χ1n) is 11.7. The van der Waals surface area contributed by atoms with Crippen molar-refractivity contribution in [3.8, 4) is 0 Å². The fourth-order valence-electron chi connectivity index (χ4n) is 4.01. The lowest BCUT2D eigenvalue weighted by molar-refractivity contribution is 0.164. The third-order valence-electron chi connectivity index (χ3n) is 6.28. The molecule has 6 nitrogen and oxygen atoms in total. The van der Waals surface area contributed by atoms with Gasteiger partial charge in [0.1, 0.15) is 11.6 Å². The molecule has 0 spiro atoms. The molecule has 1 saturated heterocycles. The molecule has 0 saturated carbocycles. The van der Waals surface area contributed by atoms with Crippen LogP contribution in [-0.4, -0.2) is 48.6 Å². The number of nitrogens with zero attached hydrogens (tertiary/aromatic N) is 3. The molecule has 176 valence electrons. The largest absolute Gasteiger partial charge is 0.444 e. The number of halogens is 1. The molecule has 0 bridgehead atoms. The Morgan fingerprint density at radius 3 is 2.62 bits per heavy atom. The minimum absolute atomic E-state index is 0.205. The second kappa shape index (κ2) is 10.9. The van der Waals surface area contributed by atoms with E-state index in [9.17, 15) is 4.39 Å². The van der Waals surface area contributed by atoms with Crippen LogP contribution in [0, 0.1) is 25.6 Å². The first-order chi connectivity index (χ1) is 15.3. The van der Waals surface area contributed by atoms with E-state index in [2.05, 4.69) is 41.3 Å². The van der Waals surface area contributed by atoms with Gasteiger partial charge in [0.15, 0.2) is 5.96 Å². The Balaban J connectivity index is 1.48. The van der Waals surface area contributed by atoms with Crippen LogP contribution in [0.1, 0.15) is 56.5 Å². The Morgan fingerprint density at radius 2 is 2.00 bits per heavy atom. The van der Waals surface area contributed by atoms with Gasteiger partial charge in [-0.25, -0.2) is 9.37 Å². The molecule has 0 unspecified atom stereocenters. The van der Waals surface area contributed by atoms with Gasteiger partial charge in [0.25, 0.3) is 0 Å². The van der Waals surface area contributed by atoms with Crippen molar-refractivity contribution >= 4 is 5.96 Å². The summed E-state index contributed by atoms with van der Waals surface area (Å²) >= 11 is 0. The molecule has 2 N–H and O–H groups in total. The third kappa shape index (κ3) is 6.79. The summed E-state index contributed by atoms with van der Waals surface area (Å²) in [7, 11) is 0. The Morgan fingerprint density at radius 1 is 1.25 bits per heavy atom. The zero-order chi connectivity index (χ0) is 23.1. The fraction of sp³-hybridized carbons (Fsp3) is 0.600. The highest BCUT2D eigenvalue weighted by Gasteiger charge is 2.23. The highest BCUT2D eigenvalue weighted by atomic mass is 19.1. The maximum absolute atomic E-state index is 13.6. The van der Waals surface area contributed by atoms with E-state index in [1.807, 2.05) is 19.9 Å². The van der Waals surface area contributed by atoms with Crippen molar-refractivity contribution in [2.45, 2.75) is 59.4 Å². The summed E-state index contributed by atoms with van der Waals surface area (Å²) in [6, 6.07) is 6.81. The zero-order valence-corrected chi connectivity index (χ0v) is 20.2. The fourth-order valence-corrected chi connectivity index (χ4v) is 4.01. The Labute approximate surface area is 191 Å². The third-order valence-corrected chi connectivity index (χ3v) is 6.28. The monoisotopic (exact) mass is 443 g/mol. The molecule has 1 aromatic heterocycles. The number of likely N-dealkylation sites (tertiary alicyclic amines) is 1. The van der Waals surface area contributed by atoms with Gasteiger partial charge in [0, 0.05) is 18.5 Å². The number of aromatic nitrogens is 1. The number of aliphatic imine (C=N–C) groups is 1. The molecule has 0 atom stereocenters.